The fourth-order valence-corrected chi connectivity index (χ4v) is 2.05. The third kappa shape index (κ3) is 3.00. The molecule has 0 amide bonds. The molecule has 0 radical (unpaired) electrons. The van der Waals surface area contributed by atoms with Crippen LogP contribution >= 0.6 is 27.5 Å². The molecule has 0 heterocycles. The van der Waals surface area contributed by atoms with Crippen LogP contribution in [0.2, 0.25) is 0 Å². The monoisotopic (exact) mass is 332 g/mol. The molecule has 18 heavy (non-hydrogen) atoms. The van der Waals surface area contributed by atoms with E-state index in [1.807, 2.05) is 6.07 Å². The minimum absolute atomic E-state index is 0.230. The molecular formula is C13H8BrClF2O. The van der Waals surface area contributed by atoms with E-state index in [-0.39, 0.29) is 5.75 Å². The van der Waals surface area contributed by atoms with Crippen LogP contribution in [0.1, 0.15) is 5.56 Å². The summed E-state index contributed by atoms with van der Waals surface area (Å²) in [5, 5.41) is 0. The van der Waals surface area contributed by atoms with Crippen molar-refractivity contribution >= 4 is 27.5 Å². The van der Waals surface area contributed by atoms with Crippen LogP contribution in [-0.4, -0.2) is 0 Å². The Morgan fingerprint density at radius 3 is 2.44 bits per heavy atom. The SMILES string of the molecule is Fc1ccc(Oc2ccc(CCl)cc2Br)cc1F. The number of ether oxygens (including phenoxy) is 1. The van der Waals surface area contributed by atoms with E-state index in [0.717, 1.165) is 17.7 Å². The van der Waals surface area contributed by atoms with Crippen LogP contribution < -0.4 is 4.74 Å². The summed E-state index contributed by atoms with van der Waals surface area (Å²) in [6, 6.07) is 8.70. The molecule has 2 aromatic carbocycles. The largest absolute Gasteiger partial charge is 0.456 e. The Morgan fingerprint density at radius 1 is 1.06 bits per heavy atom. The third-order valence-electron chi connectivity index (χ3n) is 2.27. The van der Waals surface area contributed by atoms with E-state index < -0.39 is 11.6 Å². The minimum atomic E-state index is -0.944. The van der Waals surface area contributed by atoms with Gasteiger partial charge >= 0.3 is 0 Å². The maximum absolute atomic E-state index is 13.0. The summed E-state index contributed by atoms with van der Waals surface area (Å²) >= 11 is 9.02. The zero-order valence-corrected chi connectivity index (χ0v) is 11.4. The fourth-order valence-electron chi connectivity index (χ4n) is 1.38. The lowest BCUT2D eigenvalue weighted by atomic mass is 10.2. The van der Waals surface area contributed by atoms with E-state index in [1.165, 1.54) is 6.07 Å². The van der Waals surface area contributed by atoms with Gasteiger partial charge in [-0.25, -0.2) is 8.78 Å². The smallest absolute Gasteiger partial charge is 0.162 e. The predicted molar refractivity (Wildman–Crippen MR) is 70.1 cm³/mol. The van der Waals surface area contributed by atoms with Crippen LogP contribution in [-0.2, 0) is 5.88 Å². The molecule has 0 saturated heterocycles. The molecule has 2 rings (SSSR count). The van der Waals surface area contributed by atoms with E-state index in [4.69, 9.17) is 16.3 Å². The van der Waals surface area contributed by atoms with Crippen molar-refractivity contribution in [3.8, 4) is 11.5 Å². The number of alkyl halides is 1. The van der Waals surface area contributed by atoms with Gasteiger partial charge in [-0.3, -0.25) is 0 Å². The first-order valence-electron chi connectivity index (χ1n) is 5.07. The van der Waals surface area contributed by atoms with Gasteiger partial charge in [0.05, 0.1) is 4.47 Å². The van der Waals surface area contributed by atoms with Crippen molar-refractivity contribution in [2.75, 3.05) is 0 Å². The molecule has 0 atom stereocenters. The highest BCUT2D eigenvalue weighted by Gasteiger charge is 2.07. The Morgan fingerprint density at radius 2 is 1.83 bits per heavy atom. The van der Waals surface area contributed by atoms with E-state index in [0.29, 0.717) is 16.1 Å². The predicted octanol–water partition coefficient (Wildman–Crippen LogP) is 5.26. The highest BCUT2D eigenvalue weighted by atomic mass is 79.9. The van der Waals surface area contributed by atoms with Crippen molar-refractivity contribution in [2.45, 2.75) is 5.88 Å². The molecule has 0 unspecified atom stereocenters. The highest BCUT2D eigenvalue weighted by Crippen LogP contribution is 2.31. The van der Waals surface area contributed by atoms with Crippen molar-refractivity contribution in [1.82, 2.24) is 0 Å². The molecule has 5 heteroatoms. The highest BCUT2D eigenvalue weighted by molar-refractivity contribution is 9.10. The second-order valence-corrected chi connectivity index (χ2v) is 4.70. The van der Waals surface area contributed by atoms with Crippen LogP contribution in [0.25, 0.3) is 0 Å². The summed E-state index contributed by atoms with van der Waals surface area (Å²) in [6.45, 7) is 0. The summed E-state index contributed by atoms with van der Waals surface area (Å²) in [6.07, 6.45) is 0. The lowest BCUT2D eigenvalue weighted by Crippen LogP contribution is -1.89. The number of hydrogen-bond acceptors (Lipinski definition) is 1. The molecule has 0 N–H and O–H groups in total. The van der Waals surface area contributed by atoms with E-state index >= 15 is 0 Å². The Labute approximate surface area is 116 Å². The molecule has 1 nitrogen and oxygen atoms in total. The quantitative estimate of drug-likeness (QED) is 0.696. The molecule has 0 aliphatic rings. The van der Waals surface area contributed by atoms with Crippen molar-refractivity contribution in [3.05, 3.63) is 58.1 Å². The average Bonchev–Trinajstić information content (AvgIpc) is 2.36. The summed E-state index contributed by atoms with van der Waals surface area (Å²) in [5.41, 5.74) is 0.932. The summed E-state index contributed by atoms with van der Waals surface area (Å²) in [7, 11) is 0. The first-order valence-corrected chi connectivity index (χ1v) is 6.40. The van der Waals surface area contributed by atoms with Crippen LogP contribution in [0.15, 0.2) is 40.9 Å². The maximum atomic E-state index is 13.0. The molecule has 0 aliphatic carbocycles. The van der Waals surface area contributed by atoms with Gasteiger partial charge in [0.25, 0.3) is 0 Å². The summed E-state index contributed by atoms with van der Waals surface area (Å²) in [4.78, 5) is 0. The van der Waals surface area contributed by atoms with Gasteiger partial charge in [0.2, 0.25) is 0 Å². The molecule has 0 bridgehead atoms. The molecule has 0 fully saturated rings. The maximum Gasteiger partial charge on any atom is 0.162 e. The first-order chi connectivity index (χ1) is 8.60. The van der Waals surface area contributed by atoms with E-state index in [2.05, 4.69) is 15.9 Å². The van der Waals surface area contributed by atoms with Crippen LogP contribution in [0.3, 0.4) is 0 Å². The Hall–Kier alpha value is -1.13. The van der Waals surface area contributed by atoms with Crippen molar-refractivity contribution in [3.63, 3.8) is 0 Å². The van der Waals surface area contributed by atoms with Gasteiger partial charge in [0.1, 0.15) is 11.5 Å². The molecule has 0 saturated carbocycles. The van der Waals surface area contributed by atoms with Gasteiger partial charge in [-0.05, 0) is 45.8 Å². The summed E-state index contributed by atoms with van der Waals surface area (Å²) < 4.78 is 31.9. The van der Waals surface area contributed by atoms with Gasteiger partial charge in [0.15, 0.2) is 11.6 Å². The second kappa shape index (κ2) is 5.67. The molecule has 0 spiro atoms. The van der Waals surface area contributed by atoms with Crippen molar-refractivity contribution in [1.29, 1.82) is 0 Å². The fraction of sp³-hybridized carbons (Fsp3) is 0.0769. The molecule has 2 aromatic rings. The topological polar surface area (TPSA) is 9.23 Å². The lowest BCUT2D eigenvalue weighted by molar-refractivity contribution is 0.459. The standard InChI is InChI=1S/C13H8BrClF2O/c14-10-5-8(7-15)1-4-13(10)18-9-2-3-11(16)12(17)6-9/h1-6H,7H2. The number of hydrogen-bond donors (Lipinski definition) is 0. The van der Waals surface area contributed by atoms with Crippen LogP contribution in [0.5, 0.6) is 11.5 Å². The zero-order chi connectivity index (χ0) is 13.1. The Balaban J connectivity index is 2.25. The van der Waals surface area contributed by atoms with Gasteiger partial charge in [-0.2, -0.15) is 0 Å². The molecule has 0 aliphatic heterocycles. The molecular weight excluding hydrogens is 325 g/mol. The number of rotatable bonds is 3. The second-order valence-electron chi connectivity index (χ2n) is 3.58. The van der Waals surface area contributed by atoms with E-state index in [1.54, 1.807) is 12.1 Å². The number of halogens is 4. The van der Waals surface area contributed by atoms with Gasteiger partial charge in [-0.15, -0.1) is 11.6 Å². The third-order valence-corrected chi connectivity index (χ3v) is 3.20. The lowest BCUT2D eigenvalue weighted by Gasteiger charge is -2.09. The first kappa shape index (κ1) is 13.3. The van der Waals surface area contributed by atoms with Gasteiger partial charge in [-0.1, -0.05) is 6.07 Å². The Bertz CT molecular complexity index is 575. The van der Waals surface area contributed by atoms with Gasteiger partial charge in [0, 0.05) is 11.9 Å². The van der Waals surface area contributed by atoms with Crippen LogP contribution in [0.4, 0.5) is 8.78 Å². The Kier molecular flexibility index (Phi) is 4.19. The van der Waals surface area contributed by atoms with Gasteiger partial charge < -0.3 is 4.74 Å². The molecule has 94 valence electrons. The van der Waals surface area contributed by atoms with Crippen LogP contribution in [0, 0.1) is 11.6 Å². The molecule has 0 aromatic heterocycles. The van der Waals surface area contributed by atoms with E-state index in [9.17, 15) is 8.78 Å². The van der Waals surface area contributed by atoms with Crippen molar-refractivity contribution < 1.29 is 13.5 Å². The average molecular weight is 334 g/mol. The van der Waals surface area contributed by atoms with Crippen molar-refractivity contribution in [2.24, 2.45) is 0 Å². The number of benzene rings is 2. The minimum Gasteiger partial charge on any atom is -0.456 e. The summed E-state index contributed by atoms with van der Waals surface area (Å²) in [5.74, 6) is -0.715. The zero-order valence-electron chi connectivity index (χ0n) is 9.09. The normalized spacial score (nSPS) is 10.4.